The van der Waals surface area contributed by atoms with Crippen LogP contribution in [0.2, 0.25) is 0 Å². The number of halogens is 1. The third kappa shape index (κ3) is 1.43. The third-order valence-corrected chi connectivity index (χ3v) is 3.72. The third-order valence-electron chi connectivity index (χ3n) is 3.72. The van der Waals surface area contributed by atoms with Crippen LogP contribution in [0.15, 0.2) is 0 Å². The molecule has 14 heavy (non-hydrogen) atoms. The van der Waals surface area contributed by atoms with Crippen LogP contribution in [-0.2, 0) is 9.53 Å². The van der Waals surface area contributed by atoms with Gasteiger partial charge in [-0.15, -0.1) is 0 Å². The lowest BCUT2D eigenvalue weighted by Gasteiger charge is -2.33. The number of fused-ring (bicyclic) bond motifs is 2. The average molecular weight is 200 g/mol. The average Bonchev–Trinajstić information content (AvgIpc) is 2.58. The summed E-state index contributed by atoms with van der Waals surface area (Å²) in [7, 11) is 0. The highest BCUT2D eigenvalue weighted by Gasteiger charge is 2.53. The van der Waals surface area contributed by atoms with Crippen molar-refractivity contribution in [2.45, 2.75) is 44.7 Å². The SMILES string of the molecule is CCOC(=O)C1(F)CCC2CCC1C2. The molecular formula is C11H17FO2. The van der Waals surface area contributed by atoms with Gasteiger partial charge in [0.25, 0.3) is 0 Å². The summed E-state index contributed by atoms with van der Waals surface area (Å²) in [6, 6.07) is 0. The highest BCUT2D eigenvalue weighted by atomic mass is 19.1. The number of hydrogen-bond acceptors (Lipinski definition) is 2. The first kappa shape index (κ1) is 9.94. The van der Waals surface area contributed by atoms with E-state index in [0.29, 0.717) is 12.3 Å². The number of esters is 1. The Kier molecular flexibility index (Phi) is 2.50. The molecule has 2 rings (SSSR count). The lowest BCUT2D eigenvalue weighted by molar-refractivity contribution is -0.163. The van der Waals surface area contributed by atoms with Gasteiger partial charge in [-0.05, 0) is 38.5 Å². The summed E-state index contributed by atoms with van der Waals surface area (Å²) < 4.78 is 19.2. The summed E-state index contributed by atoms with van der Waals surface area (Å²) in [6.45, 7) is 2.00. The van der Waals surface area contributed by atoms with Crippen LogP contribution in [0.3, 0.4) is 0 Å². The molecular weight excluding hydrogens is 183 g/mol. The second-order valence-electron chi connectivity index (χ2n) is 4.50. The van der Waals surface area contributed by atoms with Crippen molar-refractivity contribution in [1.82, 2.24) is 0 Å². The van der Waals surface area contributed by atoms with Gasteiger partial charge in [0.15, 0.2) is 0 Å². The molecule has 2 bridgehead atoms. The van der Waals surface area contributed by atoms with E-state index in [9.17, 15) is 9.18 Å². The minimum atomic E-state index is -1.66. The lowest BCUT2D eigenvalue weighted by atomic mass is 9.77. The molecule has 2 fully saturated rings. The number of hydrogen-bond donors (Lipinski definition) is 0. The molecule has 2 aliphatic rings. The Morgan fingerprint density at radius 2 is 2.29 bits per heavy atom. The highest BCUT2D eigenvalue weighted by Crippen LogP contribution is 2.49. The van der Waals surface area contributed by atoms with Crippen molar-refractivity contribution >= 4 is 5.97 Å². The number of rotatable bonds is 2. The van der Waals surface area contributed by atoms with Gasteiger partial charge >= 0.3 is 5.97 Å². The molecule has 0 saturated heterocycles. The zero-order valence-electron chi connectivity index (χ0n) is 8.59. The van der Waals surface area contributed by atoms with Crippen LogP contribution in [-0.4, -0.2) is 18.2 Å². The Balaban J connectivity index is 2.10. The topological polar surface area (TPSA) is 26.3 Å². The van der Waals surface area contributed by atoms with Gasteiger partial charge in [-0.3, -0.25) is 0 Å². The van der Waals surface area contributed by atoms with Crippen molar-refractivity contribution in [3.05, 3.63) is 0 Å². The van der Waals surface area contributed by atoms with E-state index in [1.54, 1.807) is 6.92 Å². The summed E-state index contributed by atoms with van der Waals surface area (Å²) in [5.41, 5.74) is -1.66. The van der Waals surface area contributed by atoms with Gasteiger partial charge in [0.2, 0.25) is 5.67 Å². The molecule has 2 saturated carbocycles. The normalized spacial score (nSPS) is 41.0. The van der Waals surface area contributed by atoms with E-state index >= 15 is 0 Å². The zero-order valence-corrected chi connectivity index (χ0v) is 8.59. The quantitative estimate of drug-likeness (QED) is 0.640. The Morgan fingerprint density at radius 1 is 1.50 bits per heavy atom. The second-order valence-corrected chi connectivity index (χ2v) is 4.50. The van der Waals surface area contributed by atoms with E-state index in [4.69, 9.17) is 4.74 Å². The molecule has 0 aromatic carbocycles. The van der Waals surface area contributed by atoms with Crippen LogP contribution in [0.25, 0.3) is 0 Å². The van der Waals surface area contributed by atoms with Gasteiger partial charge in [-0.25, -0.2) is 9.18 Å². The summed E-state index contributed by atoms with van der Waals surface area (Å²) in [6.07, 6.45) is 4.07. The number of carbonyl (C=O) groups excluding carboxylic acids is 1. The molecule has 0 N–H and O–H groups in total. The molecule has 2 aliphatic carbocycles. The Hall–Kier alpha value is -0.600. The monoisotopic (exact) mass is 200 g/mol. The van der Waals surface area contributed by atoms with Gasteiger partial charge in [0, 0.05) is 5.92 Å². The predicted molar refractivity (Wildman–Crippen MR) is 50.5 cm³/mol. The summed E-state index contributed by atoms with van der Waals surface area (Å²) in [4.78, 5) is 11.5. The lowest BCUT2D eigenvalue weighted by Crippen LogP contribution is -2.44. The molecule has 0 aliphatic heterocycles. The Morgan fingerprint density at radius 3 is 3.00 bits per heavy atom. The van der Waals surface area contributed by atoms with Gasteiger partial charge in [0.1, 0.15) is 0 Å². The van der Waals surface area contributed by atoms with E-state index < -0.39 is 11.6 Å². The van der Waals surface area contributed by atoms with Crippen LogP contribution in [0, 0.1) is 11.8 Å². The van der Waals surface area contributed by atoms with E-state index in [0.717, 1.165) is 25.7 Å². The maximum Gasteiger partial charge on any atom is 0.344 e. The molecule has 0 aromatic heterocycles. The van der Waals surface area contributed by atoms with Crippen LogP contribution >= 0.6 is 0 Å². The van der Waals surface area contributed by atoms with Crippen molar-refractivity contribution < 1.29 is 13.9 Å². The van der Waals surface area contributed by atoms with Gasteiger partial charge in [0.05, 0.1) is 6.61 Å². The number of alkyl halides is 1. The maximum absolute atomic E-state index is 14.4. The van der Waals surface area contributed by atoms with Gasteiger partial charge in [-0.1, -0.05) is 6.42 Å². The van der Waals surface area contributed by atoms with Crippen LogP contribution in [0.1, 0.15) is 39.0 Å². The number of ether oxygens (including phenoxy) is 1. The van der Waals surface area contributed by atoms with Crippen molar-refractivity contribution in [2.24, 2.45) is 11.8 Å². The van der Waals surface area contributed by atoms with E-state index in [1.165, 1.54) is 0 Å². The summed E-state index contributed by atoms with van der Waals surface area (Å²) >= 11 is 0. The fourth-order valence-electron chi connectivity index (χ4n) is 2.89. The second kappa shape index (κ2) is 3.52. The molecule has 2 nitrogen and oxygen atoms in total. The first-order chi connectivity index (χ1) is 6.66. The van der Waals surface area contributed by atoms with Gasteiger partial charge < -0.3 is 4.74 Å². The number of carbonyl (C=O) groups is 1. The fourth-order valence-corrected chi connectivity index (χ4v) is 2.89. The molecule has 3 heteroatoms. The van der Waals surface area contributed by atoms with Crippen molar-refractivity contribution in [3.63, 3.8) is 0 Å². The molecule has 0 aromatic rings. The van der Waals surface area contributed by atoms with Crippen molar-refractivity contribution in [3.8, 4) is 0 Å². The molecule has 80 valence electrons. The molecule has 0 spiro atoms. The maximum atomic E-state index is 14.4. The molecule has 0 heterocycles. The fraction of sp³-hybridized carbons (Fsp3) is 0.909. The van der Waals surface area contributed by atoms with E-state index in [1.807, 2.05) is 0 Å². The zero-order chi connectivity index (χ0) is 10.2. The predicted octanol–water partition coefficient (Wildman–Crippen LogP) is 2.47. The molecule has 3 atom stereocenters. The first-order valence-electron chi connectivity index (χ1n) is 5.53. The first-order valence-corrected chi connectivity index (χ1v) is 5.53. The summed E-state index contributed by atoms with van der Waals surface area (Å²) in [5, 5.41) is 0. The minimum Gasteiger partial charge on any atom is -0.464 e. The van der Waals surface area contributed by atoms with Gasteiger partial charge in [-0.2, -0.15) is 0 Å². The minimum absolute atomic E-state index is 0.0692. The standard InChI is InChI=1S/C11H17FO2/c1-2-14-10(13)11(12)6-5-8-3-4-9(11)7-8/h8-9H,2-7H2,1H3. The van der Waals surface area contributed by atoms with E-state index in [-0.39, 0.29) is 12.5 Å². The van der Waals surface area contributed by atoms with Crippen LogP contribution < -0.4 is 0 Å². The Labute approximate surface area is 83.8 Å². The Bertz CT molecular complexity index is 241. The smallest absolute Gasteiger partial charge is 0.344 e. The molecule has 0 radical (unpaired) electrons. The van der Waals surface area contributed by atoms with Crippen molar-refractivity contribution in [1.29, 1.82) is 0 Å². The highest BCUT2D eigenvalue weighted by molar-refractivity contribution is 5.80. The molecule has 0 amide bonds. The largest absolute Gasteiger partial charge is 0.464 e. The summed E-state index contributed by atoms with van der Waals surface area (Å²) in [5.74, 6) is -0.0241. The van der Waals surface area contributed by atoms with Crippen molar-refractivity contribution in [2.75, 3.05) is 6.61 Å². The van der Waals surface area contributed by atoms with Crippen LogP contribution in [0.4, 0.5) is 4.39 Å². The van der Waals surface area contributed by atoms with Crippen LogP contribution in [0.5, 0.6) is 0 Å². The molecule has 3 unspecified atom stereocenters. The van der Waals surface area contributed by atoms with E-state index in [2.05, 4.69) is 0 Å².